The molecule has 3 atom stereocenters. The molecule has 11 heteroatoms. The minimum atomic E-state index is -5.04. The van der Waals surface area contributed by atoms with Crippen LogP contribution in [-0.4, -0.2) is 54.1 Å². The first kappa shape index (κ1) is 22.5. The van der Waals surface area contributed by atoms with Crippen LogP contribution in [0.4, 0.5) is 13.2 Å². The molecular formula is C15H22F3N3O4S. The topological polar surface area (TPSA) is 126 Å². The van der Waals surface area contributed by atoms with Gasteiger partial charge in [0, 0.05) is 34.9 Å². The molecule has 1 aromatic rings. The van der Waals surface area contributed by atoms with Gasteiger partial charge in [-0.25, -0.2) is 0 Å². The number of carbonyl (C=O) groups is 1. The van der Waals surface area contributed by atoms with Crippen molar-refractivity contribution in [1.82, 2.24) is 9.97 Å². The standard InChI is InChI=1S/C15H22F3N3O4S/c1-9(2)11-7-21-12(8-20-11)14(24,15(16,17)18)4-6-26(25)5-3-10(19)13(22)23/h7-10,24H,3-6,19H2,1-2H3,(H,22,23). The molecule has 0 radical (unpaired) electrons. The van der Waals surface area contributed by atoms with E-state index in [1.807, 2.05) is 0 Å². The number of rotatable bonds is 9. The van der Waals surface area contributed by atoms with Crippen LogP contribution in [0.5, 0.6) is 0 Å². The fourth-order valence-corrected chi connectivity index (χ4v) is 3.25. The van der Waals surface area contributed by atoms with Gasteiger partial charge in [0.25, 0.3) is 0 Å². The van der Waals surface area contributed by atoms with Gasteiger partial charge in [-0.3, -0.25) is 19.0 Å². The Kier molecular flexibility index (Phi) is 7.66. The van der Waals surface area contributed by atoms with Crippen molar-refractivity contribution >= 4 is 16.8 Å². The predicted octanol–water partition coefficient (Wildman–Crippen LogP) is 1.29. The second-order valence-electron chi connectivity index (χ2n) is 6.17. The zero-order valence-corrected chi connectivity index (χ0v) is 15.2. The number of nitrogens with zero attached hydrogens (tertiary/aromatic N) is 2. The van der Waals surface area contributed by atoms with Crippen LogP contribution in [0.25, 0.3) is 0 Å². The number of aromatic nitrogens is 2. The highest BCUT2D eigenvalue weighted by Crippen LogP contribution is 2.40. The van der Waals surface area contributed by atoms with Gasteiger partial charge in [0.15, 0.2) is 0 Å². The zero-order valence-electron chi connectivity index (χ0n) is 14.4. The summed E-state index contributed by atoms with van der Waals surface area (Å²) < 4.78 is 52.1. The molecule has 0 aliphatic rings. The van der Waals surface area contributed by atoms with Gasteiger partial charge in [-0.1, -0.05) is 13.8 Å². The van der Waals surface area contributed by atoms with Crippen molar-refractivity contribution in [2.24, 2.45) is 5.73 Å². The van der Waals surface area contributed by atoms with Crippen molar-refractivity contribution in [1.29, 1.82) is 0 Å². The molecule has 4 N–H and O–H groups in total. The van der Waals surface area contributed by atoms with Gasteiger partial charge < -0.3 is 15.9 Å². The molecular weight excluding hydrogens is 375 g/mol. The van der Waals surface area contributed by atoms with Crippen LogP contribution < -0.4 is 5.73 Å². The SMILES string of the molecule is CC(C)c1cnc(C(O)(CCS(=O)CCC(N)C(=O)O)C(F)(F)F)cn1. The summed E-state index contributed by atoms with van der Waals surface area (Å²) >= 11 is 0. The highest BCUT2D eigenvalue weighted by atomic mass is 32.2. The van der Waals surface area contributed by atoms with Gasteiger partial charge >= 0.3 is 12.1 Å². The average molecular weight is 397 g/mol. The molecule has 1 rings (SSSR count). The number of alkyl halides is 3. The molecule has 1 heterocycles. The lowest BCUT2D eigenvalue weighted by molar-refractivity contribution is -0.269. The van der Waals surface area contributed by atoms with Gasteiger partial charge in [0.1, 0.15) is 6.04 Å². The molecule has 0 aliphatic heterocycles. The lowest BCUT2D eigenvalue weighted by atomic mass is 9.96. The van der Waals surface area contributed by atoms with Crippen molar-refractivity contribution in [3.8, 4) is 0 Å². The number of aliphatic hydroxyl groups is 1. The third kappa shape index (κ3) is 5.71. The molecule has 148 valence electrons. The van der Waals surface area contributed by atoms with E-state index >= 15 is 0 Å². The molecule has 3 unspecified atom stereocenters. The summed E-state index contributed by atoms with van der Waals surface area (Å²) in [7, 11) is -1.78. The Morgan fingerprint density at radius 1 is 1.27 bits per heavy atom. The molecule has 0 bridgehead atoms. The Labute approximate surface area is 151 Å². The predicted molar refractivity (Wildman–Crippen MR) is 88.8 cm³/mol. The summed E-state index contributed by atoms with van der Waals surface area (Å²) in [6.45, 7) is 3.59. The molecule has 1 aromatic heterocycles. The van der Waals surface area contributed by atoms with E-state index in [1.165, 1.54) is 6.20 Å². The lowest BCUT2D eigenvalue weighted by Gasteiger charge is -2.29. The number of halogens is 3. The summed E-state index contributed by atoms with van der Waals surface area (Å²) in [5.41, 5.74) is 1.78. The summed E-state index contributed by atoms with van der Waals surface area (Å²) in [5.74, 6) is -1.99. The Bertz CT molecular complexity index is 640. The van der Waals surface area contributed by atoms with Crippen molar-refractivity contribution in [2.75, 3.05) is 11.5 Å². The molecule has 0 fully saturated rings. The first-order chi connectivity index (χ1) is 11.9. The number of carboxylic acids is 1. The van der Waals surface area contributed by atoms with Crippen LogP contribution in [0.15, 0.2) is 12.4 Å². The van der Waals surface area contributed by atoms with Crippen LogP contribution in [0, 0.1) is 0 Å². The molecule has 0 amide bonds. The summed E-state index contributed by atoms with van der Waals surface area (Å²) in [6, 6.07) is -1.24. The third-order valence-electron chi connectivity index (χ3n) is 3.82. The highest BCUT2D eigenvalue weighted by Gasteiger charge is 2.56. The second kappa shape index (κ2) is 8.87. The number of hydrogen-bond acceptors (Lipinski definition) is 6. The zero-order chi connectivity index (χ0) is 20.1. The third-order valence-corrected chi connectivity index (χ3v) is 5.17. The van der Waals surface area contributed by atoms with Crippen LogP contribution in [-0.2, 0) is 21.2 Å². The van der Waals surface area contributed by atoms with Crippen molar-refractivity contribution in [2.45, 2.75) is 50.4 Å². The van der Waals surface area contributed by atoms with Crippen LogP contribution >= 0.6 is 0 Å². The van der Waals surface area contributed by atoms with Crippen LogP contribution in [0.3, 0.4) is 0 Å². The minimum absolute atomic E-state index is 0.0403. The molecule has 0 saturated carbocycles. The van der Waals surface area contributed by atoms with E-state index < -0.39 is 52.5 Å². The number of aliphatic carboxylic acids is 1. The Hall–Kier alpha value is -1.59. The van der Waals surface area contributed by atoms with E-state index in [2.05, 4.69) is 9.97 Å². The Morgan fingerprint density at radius 2 is 1.88 bits per heavy atom. The summed E-state index contributed by atoms with van der Waals surface area (Å²) in [6.07, 6.45) is -4.04. The summed E-state index contributed by atoms with van der Waals surface area (Å²) in [4.78, 5) is 18.2. The maximum atomic E-state index is 13.4. The molecule has 0 spiro atoms. The molecule has 26 heavy (non-hydrogen) atoms. The maximum absolute atomic E-state index is 13.4. The fourth-order valence-electron chi connectivity index (χ4n) is 2.01. The Morgan fingerprint density at radius 3 is 2.31 bits per heavy atom. The second-order valence-corrected chi connectivity index (χ2v) is 7.87. The van der Waals surface area contributed by atoms with E-state index in [0.717, 1.165) is 6.20 Å². The maximum Gasteiger partial charge on any atom is 0.423 e. The first-order valence-electron chi connectivity index (χ1n) is 7.83. The van der Waals surface area contributed by atoms with E-state index in [9.17, 15) is 27.3 Å². The Balaban J connectivity index is 2.87. The van der Waals surface area contributed by atoms with Crippen molar-refractivity contribution in [3.05, 3.63) is 23.8 Å². The summed E-state index contributed by atoms with van der Waals surface area (Å²) in [5, 5.41) is 18.8. The minimum Gasteiger partial charge on any atom is -0.480 e. The van der Waals surface area contributed by atoms with Crippen LogP contribution in [0.1, 0.15) is 44.0 Å². The van der Waals surface area contributed by atoms with E-state index in [1.54, 1.807) is 13.8 Å². The monoisotopic (exact) mass is 397 g/mol. The molecule has 7 nitrogen and oxygen atoms in total. The number of nitrogens with two attached hydrogens (primary N) is 1. The molecule has 0 saturated heterocycles. The van der Waals surface area contributed by atoms with Gasteiger partial charge in [0.2, 0.25) is 5.60 Å². The number of carboxylic acid groups (broad SMARTS) is 1. The van der Waals surface area contributed by atoms with Gasteiger partial charge in [-0.15, -0.1) is 0 Å². The lowest BCUT2D eigenvalue weighted by Crippen LogP contribution is -2.44. The number of hydrogen-bond donors (Lipinski definition) is 3. The van der Waals surface area contributed by atoms with Crippen molar-refractivity contribution in [3.63, 3.8) is 0 Å². The van der Waals surface area contributed by atoms with Crippen molar-refractivity contribution < 1.29 is 32.4 Å². The molecule has 0 aromatic carbocycles. The first-order valence-corrected chi connectivity index (χ1v) is 9.32. The largest absolute Gasteiger partial charge is 0.480 e. The average Bonchev–Trinajstić information content (AvgIpc) is 2.56. The van der Waals surface area contributed by atoms with Gasteiger partial charge in [-0.05, 0) is 12.3 Å². The molecule has 0 aliphatic carbocycles. The smallest absolute Gasteiger partial charge is 0.423 e. The van der Waals surface area contributed by atoms with E-state index in [0.29, 0.717) is 5.69 Å². The fraction of sp³-hybridized carbons (Fsp3) is 0.667. The van der Waals surface area contributed by atoms with Crippen LogP contribution in [0.2, 0.25) is 0 Å². The quantitative estimate of drug-likeness (QED) is 0.573. The highest BCUT2D eigenvalue weighted by molar-refractivity contribution is 7.84. The normalized spacial score (nSPS) is 16.9. The van der Waals surface area contributed by atoms with E-state index in [4.69, 9.17) is 10.8 Å². The van der Waals surface area contributed by atoms with Gasteiger partial charge in [0.05, 0.1) is 17.6 Å². The van der Waals surface area contributed by atoms with Gasteiger partial charge in [-0.2, -0.15) is 13.2 Å². The van der Waals surface area contributed by atoms with E-state index in [-0.39, 0.29) is 18.1 Å².